The van der Waals surface area contributed by atoms with E-state index < -0.39 is 5.97 Å². The summed E-state index contributed by atoms with van der Waals surface area (Å²) < 4.78 is 0. The summed E-state index contributed by atoms with van der Waals surface area (Å²) in [5.41, 5.74) is 0.850. The molecule has 98 valence electrons. The normalized spacial score (nSPS) is 19.4. The van der Waals surface area contributed by atoms with Gasteiger partial charge < -0.3 is 10.4 Å². The van der Waals surface area contributed by atoms with E-state index in [0.29, 0.717) is 6.54 Å². The maximum absolute atomic E-state index is 10.7. The van der Waals surface area contributed by atoms with Gasteiger partial charge in [0.25, 0.3) is 0 Å². The lowest BCUT2D eigenvalue weighted by molar-refractivity contribution is 0.0696. The quantitative estimate of drug-likeness (QED) is 0.795. The molecule has 2 fully saturated rings. The minimum absolute atomic E-state index is 0.188. The maximum atomic E-state index is 10.7. The lowest BCUT2D eigenvalue weighted by atomic mass is 9.98. The van der Waals surface area contributed by atoms with E-state index in [9.17, 15) is 4.79 Å². The van der Waals surface area contributed by atoms with Crippen molar-refractivity contribution < 1.29 is 9.90 Å². The van der Waals surface area contributed by atoms with Crippen LogP contribution in [0.25, 0.3) is 0 Å². The number of thiazole rings is 1. The molecule has 3 rings (SSSR count). The van der Waals surface area contributed by atoms with Gasteiger partial charge in [0.15, 0.2) is 0 Å². The van der Waals surface area contributed by atoms with Gasteiger partial charge in [-0.05, 0) is 50.0 Å². The van der Waals surface area contributed by atoms with Gasteiger partial charge in [-0.2, -0.15) is 0 Å². The zero-order valence-electron chi connectivity index (χ0n) is 10.3. The van der Waals surface area contributed by atoms with Crippen molar-refractivity contribution in [2.75, 3.05) is 6.54 Å². The number of carbonyl (C=O) groups is 1. The van der Waals surface area contributed by atoms with Crippen LogP contribution in [0, 0.1) is 17.8 Å². The summed E-state index contributed by atoms with van der Waals surface area (Å²) in [5, 5.41) is 14.3. The molecule has 0 saturated heterocycles. The van der Waals surface area contributed by atoms with Gasteiger partial charge in [-0.15, -0.1) is 11.3 Å². The van der Waals surface area contributed by atoms with Crippen molar-refractivity contribution >= 4 is 17.3 Å². The van der Waals surface area contributed by atoms with E-state index in [0.717, 1.165) is 30.0 Å². The van der Waals surface area contributed by atoms with Crippen LogP contribution in [0.1, 0.15) is 41.2 Å². The fourth-order valence-electron chi connectivity index (χ4n) is 2.62. The average Bonchev–Trinajstić information content (AvgIpc) is 3.25. The van der Waals surface area contributed by atoms with Crippen LogP contribution in [-0.2, 0) is 6.54 Å². The van der Waals surface area contributed by atoms with Gasteiger partial charge in [-0.25, -0.2) is 9.78 Å². The number of hydrogen-bond acceptors (Lipinski definition) is 4. The minimum Gasteiger partial charge on any atom is -0.476 e. The Kier molecular flexibility index (Phi) is 3.35. The lowest BCUT2D eigenvalue weighted by Crippen LogP contribution is -2.25. The molecule has 2 aliphatic rings. The molecule has 0 spiro atoms. The summed E-state index contributed by atoms with van der Waals surface area (Å²) in [5.74, 6) is 1.83. The van der Waals surface area contributed by atoms with Gasteiger partial charge in [0.2, 0.25) is 5.01 Å². The Morgan fingerprint density at radius 3 is 2.61 bits per heavy atom. The van der Waals surface area contributed by atoms with Crippen LogP contribution in [0.3, 0.4) is 0 Å². The molecule has 18 heavy (non-hydrogen) atoms. The second-order valence-corrected chi connectivity index (χ2v) is 6.28. The van der Waals surface area contributed by atoms with Crippen LogP contribution in [0.15, 0.2) is 5.38 Å². The van der Waals surface area contributed by atoms with Crippen LogP contribution in [0.2, 0.25) is 0 Å². The van der Waals surface area contributed by atoms with Gasteiger partial charge in [0.1, 0.15) is 0 Å². The first-order valence-electron chi connectivity index (χ1n) is 6.62. The highest BCUT2D eigenvalue weighted by molar-refractivity contribution is 7.11. The summed E-state index contributed by atoms with van der Waals surface area (Å²) >= 11 is 1.20. The second-order valence-electron chi connectivity index (χ2n) is 5.42. The van der Waals surface area contributed by atoms with E-state index in [1.165, 1.54) is 37.0 Å². The smallest absolute Gasteiger partial charge is 0.365 e. The number of carboxylic acid groups (broad SMARTS) is 1. The summed E-state index contributed by atoms with van der Waals surface area (Å²) in [6.07, 6.45) is 5.62. The van der Waals surface area contributed by atoms with Crippen molar-refractivity contribution in [1.82, 2.24) is 10.3 Å². The molecule has 4 nitrogen and oxygen atoms in total. The zero-order chi connectivity index (χ0) is 12.5. The molecule has 2 N–H and O–H groups in total. The highest BCUT2D eigenvalue weighted by atomic mass is 32.1. The molecular weight excluding hydrogens is 248 g/mol. The van der Waals surface area contributed by atoms with Crippen LogP contribution in [0.4, 0.5) is 0 Å². The van der Waals surface area contributed by atoms with E-state index in [4.69, 9.17) is 5.11 Å². The van der Waals surface area contributed by atoms with E-state index >= 15 is 0 Å². The standard InChI is InChI=1S/C13H18N2O2S/c16-13(17)12-15-10(7-18-12)5-14-6-11(8-1-2-8)9-3-4-9/h7-9,11,14H,1-6H2,(H,16,17). The highest BCUT2D eigenvalue weighted by Crippen LogP contribution is 2.48. The molecule has 0 radical (unpaired) electrons. The fourth-order valence-corrected chi connectivity index (χ4v) is 3.27. The number of nitrogens with zero attached hydrogens (tertiary/aromatic N) is 1. The first-order valence-corrected chi connectivity index (χ1v) is 7.50. The molecule has 0 bridgehead atoms. The number of hydrogen-bond donors (Lipinski definition) is 2. The van der Waals surface area contributed by atoms with Crippen molar-refractivity contribution in [2.24, 2.45) is 17.8 Å². The Labute approximate surface area is 110 Å². The largest absolute Gasteiger partial charge is 0.476 e. The monoisotopic (exact) mass is 266 g/mol. The third kappa shape index (κ3) is 2.90. The summed E-state index contributed by atoms with van der Waals surface area (Å²) in [6, 6.07) is 0. The molecule has 0 aromatic carbocycles. The Bertz CT molecular complexity index is 426. The van der Waals surface area contributed by atoms with E-state index in [-0.39, 0.29) is 5.01 Å². The second kappa shape index (κ2) is 4.97. The van der Waals surface area contributed by atoms with Crippen molar-refractivity contribution in [3.8, 4) is 0 Å². The van der Waals surface area contributed by atoms with Gasteiger partial charge in [-0.3, -0.25) is 0 Å². The molecule has 1 aromatic heterocycles. The first kappa shape index (κ1) is 12.1. The molecule has 1 aromatic rings. The minimum atomic E-state index is -0.930. The van der Waals surface area contributed by atoms with Crippen LogP contribution >= 0.6 is 11.3 Å². The fraction of sp³-hybridized carbons (Fsp3) is 0.692. The van der Waals surface area contributed by atoms with Crippen molar-refractivity contribution in [3.05, 3.63) is 16.1 Å². The number of nitrogens with one attached hydrogen (secondary N) is 1. The molecule has 0 aliphatic heterocycles. The van der Waals surface area contributed by atoms with E-state index in [2.05, 4.69) is 10.3 Å². The molecule has 2 aliphatic carbocycles. The first-order chi connectivity index (χ1) is 8.74. The Morgan fingerprint density at radius 1 is 1.44 bits per heavy atom. The molecular formula is C13H18N2O2S. The molecule has 0 amide bonds. The Balaban J connectivity index is 1.46. The van der Waals surface area contributed by atoms with E-state index in [1.54, 1.807) is 0 Å². The topological polar surface area (TPSA) is 62.2 Å². The maximum Gasteiger partial charge on any atom is 0.365 e. The van der Waals surface area contributed by atoms with Crippen LogP contribution in [-0.4, -0.2) is 22.6 Å². The van der Waals surface area contributed by atoms with Crippen molar-refractivity contribution in [3.63, 3.8) is 0 Å². The predicted octanol–water partition coefficient (Wildman–Crippen LogP) is 2.37. The highest BCUT2D eigenvalue weighted by Gasteiger charge is 2.40. The number of aromatic nitrogens is 1. The third-order valence-electron chi connectivity index (χ3n) is 3.88. The average molecular weight is 266 g/mol. The summed E-state index contributed by atoms with van der Waals surface area (Å²) in [4.78, 5) is 14.8. The Morgan fingerprint density at radius 2 is 2.11 bits per heavy atom. The van der Waals surface area contributed by atoms with Crippen LogP contribution < -0.4 is 5.32 Å². The number of aromatic carboxylic acids is 1. The molecule has 5 heteroatoms. The van der Waals surface area contributed by atoms with Crippen molar-refractivity contribution in [1.29, 1.82) is 0 Å². The molecule has 1 heterocycles. The molecule has 0 atom stereocenters. The zero-order valence-corrected chi connectivity index (χ0v) is 11.1. The third-order valence-corrected chi connectivity index (χ3v) is 4.75. The SMILES string of the molecule is O=C(O)c1nc(CNCC(C2CC2)C2CC2)cs1. The summed E-state index contributed by atoms with van der Waals surface area (Å²) in [7, 11) is 0. The van der Waals surface area contributed by atoms with Gasteiger partial charge in [0, 0.05) is 11.9 Å². The number of rotatable bonds is 7. The van der Waals surface area contributed by atoms with E-state index in [1.807, 2.05) is 5.38 Å². The summed E-state index contributed by atoms with van der Waals surface area (Å²) in [6.45, 7) is 1.76. The Hall–Kier alpha value is -0.940. The predicted molar refractivity (Wildman–Crippen MR) is 69.7 cm³/mol. The van der Waals surface area contributed by atoms with Crippen LogP contribution in [0.5, 0.6) is 0 Å². The van der Waals surface area contributed by atoms with Crippen molar-refractivity contribution in [2.45, 2.75) is 32.2 Å². The molecule has 0 unspecified atom stereocenters. The van der Waals surface area contributed by atoms with Gasteiger partial charge in [0.05, 0.1) is 5.69 Å². The van der Waals surface area contributed by atoms with Gasteiger partial charge in [-0.1, -0.05) is 0 Å². The number of carboxylic acids is 1. The van der Waals surface area contributed by atoms with Gasteiger partial charge >= 0.3 is 5.97 Å². The molecule has 2 saturated carbocycles. The lowest BCUT2D eigenvalue weighted by Gasteiger charge is -2.15.